The van der Waals surface area contributed by atoms with Crippen LogP contribution < -0.4 is 0 Å². The molecule has 0 spiro atoms. The third-order valence-corrected chi connectivity index (χ3v) is 5.63. The molecule has 148 valence electrons. The normalized spacial score (nSPS) is 16.5. The van der Waals surface area contributed by atoms with Crippen molar-refractivity contribution in [2.75, 3.05) is 6.61 Å². The number of aryl methyl sites for hydroxylation is 1. The van der Waals surface area contributed by atoms with E-state index in [0.717, 1.165) is 25.1 Å². The summed E-state index contributed by atoms with van der Waals surface area (Å²) in [5.74, 6) is -1.08. The Kier molecular flexibility index (Phi) is 4.95. The number of alkyl halides is 2. The number of hydrogen-bond donors (Lipinski definition) is 0. The molecule has 0 fully saturated rings. The molecule has 6 nitrogen and oxygen atoms in total. The highest BCUT2D eigenvalue weighted by Gasteiger charge is 2.42. The lowest BCUT2D eigenvalue weighted by molar-refractivity contribution is -0.149. The molecule has 4 rings (SSSR count). The van der Waals surface area contributed by atoms with E-state index in [2.05, 4.69) is 20.9 Å². The summed E-state index contributed by atoms with van der Waals surface area (Å²) in [7, 11) is 0. The van der Waals surface area contributed by atoms with Crippen LogP contribution in [0.25, 0.3) is 0 Å². The van der Waals surface area contributed by atoms with Crippen molar-refractivity contribution in [2.24, 2.45) is 0 Å². The highest BCUT2D eigenvalue weighted by molar-refractivity contribution is 9.10. The molecule has 2 aromatic rings. The summed E-state index contributed by atoms with van der Waals surface area (Å²) in [4.78, 5) is 31.5. The number of hydrogen-bond acceptors (Lipinski definition) is 4. The standard InChI is InChI=1S/C19H18BrF2N3O3/c1-2-28-19(27)16(15-14-4-3-5-24(14)9-23-15)25-8-13-11(17(21)22)6-10(20)7-12(13)18(25)26/h6-7,9,16-17H,2-5,8H2,1H3. The Labute approximate surface area is 168 Å². The van der Waals surface area contributed by atoms with Gasteiger partial charge in [-0.3, -0.25) is 4.79 Å². The Morgan fingerprint density at radius 2 is 2.18 bits per heavy atom. The molecule has 0 saturated heterocycles. The lowest BCUT2D eigenvalue weighted by Crippen LogP contribution is -2.36. The van der Waals surface area contributed by atoms with Crippen molar-refractivity contribution < 1.29 is 23.1 Å². The molecule has 3 heterocycles. The highest BCUT2D eigenvalue weighted by atomic mass is 79.9. The zero-order chi connectivity index (χ0) is 20.0. The fraction of sp³-hybridized carbons (Fsp3) is 0.421. The molecular formula is C19H18BrF2N3O3. The van der Waals surface area contributed by atoms with Crippen LogP contribution >= 0.6 is 15.9 Å². The lowest BCUT2D eigenvalue weighted by atomic mass is 10.0. The second kappa shape index (κ2) is 7.27. The van der Waals surface area contributed by atoms with Gasteiger partial charge >= 0.3 is 5.97 Å². The molecule has 0 saturated carbocycles. The summed E-state index contributed by atoms with van der Waals surface area (Å²) >= 11 is 3.19. The van der Waals surface area contributed by atoms with Crippen LogP contribution in [0, 0.1) is 0 Å². The summed E-state index contributed by atoms with van der Waals surface area (Å²) in [5.41, 5.74) is 1.56. The molecule has 1 atom stereocenters. The zero-order valence-corrected chi connectivity index (χ0v) is 16.7. The van der Waals surface area contributed by atoms with Gasteiger partial charge in [-0.05, 0) is 37.5 Å². The van der Waals surface area contributed by atoms with Crippen molar-refractivity contribution >= 4 is 27.8 Å². The van der Waals surface area contributed by atoms with Crippen LogP contribution in [0.2, 0.25) is 0 Å². The van der Waals surface area contributed by atoms with E-state index >= 15 is 0 Å². The first-order valence-electron chi connectivity index (χ1n) is 9.04. The van der Waals surface area contributed by atoms with Crippen molar-refractivity contribution in [2.45, 2.75) is 45.3 Å². The van der Waals surface area contributed by atoms with Gasteiger partial charge < -0.3 is 14.2 Å². The number of carbonyl (C=O) groups excluding carboxylic acids is 2. The molecule has 0 N–H and O–H groups in total. The van der Waals surface area contributed by atoms with Crippen LogP contribution in [0.3, 0.4) is 0 Å². The summed E-state index contributed by atoms with van der Waals surface area (Å²) in [6.45, 7) is 2.54. The van der Waals surface area contributed by atoms with Gasteiger partial charge in [-0.2, -0.15) is 0 Å². The Morgan fingerprint density at radius 3 is 2.89 bits per heavy atom. The largest absolute Gasteiger partial charge is 0.464 e. The smallest absolute Gasteiger partial charge is 0.335 e. The van der Waals surface area contributed by atoms with E-state index in [9.17, 15) is 18.4 Å². The van der Waals surface area contributed by atoms with E-state index in [4.69, 9.17) is 4.74 Å². The maximum absolute atomic E-state index is 13.5. The predicted octanol–water partition coefficient (Wildman–Crippen LogP) is 3.79. The number of esters is 1. The van der Waals surface area contributed by atoms with Crippen molar-refractivity contribution in [3.63, 3.8) is 0 Å². The van der Waals surface area contributed by atoms with Gasteiger partial charge in [0.15, 0.2) is 6.04 Å². The number of rotatable bonds is 5. The molecule has 2 aliphatic heterocycles. The molecule has 0 radical (unpaired) electrons. The molecule has 2 aliphatic rings. The first-order chi connectivity index (χ1) is 13.4. The van der Waals surface area contributed by atoms with E-state index in [1.165, 1.54) is 17.0 Å². The van der Waals surface area contributed by atoms with Crippen molar-refractivity contribution in [3.8, 4) is 0 Å². The van der Waals surface area contributed by atoms with Gasteiger partial charge in [0, 0.05) is 34.4 Å². The molecule has 0 aliphatic carbocycles. The number of aromatic nitrogens is 2. The van der Waals surface area contributed by atoms with Gasteiger partial charge in [0.1, 0.15) is 0 Å². The molecular weight excluding hydrogens is 436 g/mol. The van der Waals surface area contributed by atoms with Crippen LogP contribution in [0.15, 0.2) is 22.9 Å². The lowest BCUT2D eigenvalue weighted by Gasteiger charge is -2.25. The van der Waals surface area contributed by atoms with Crippen LogP contribution in [-0.4, -0.2) is 32.9 Å². The molecule has 1 aromatic carbocycles. The van der Waals surface area contributed by atoms with Crippen LogP contribution in [0.4, 0.5) is 8.78 Å². The molecule has 1 aromatic heterocycles. The van der Waals surface area contributed by atoms with E-state index in [1.54, 1.807) is 13.3 Å². The number of ether oxygens (including phenoxy) is 1. The number of fused-ring (bicyclic) bond motifs is 2. The Bertz CT molecular complexity index is 960. The summed E-state index contributed by atoms with van der Waals surface area (Å²) in [6.07, 6.45) is 0.598. The second-order valence-corrected chi connectivity index (χ2v) is 7.70. The quantitative estimate of drug-likeness (QED) is 0.646. The number of imidazole rings is 1. The van der Waals surface area contributed by atoms with Gasteiger partial charge in [-0.25, -0.2) is 18.6 Å². The summed E-state index contributed by atoms with van der Waals surface area (Å²) < 4.78 is 34.6. The van der Waals surface area contributed by atoms with E-state index in [1.807, 2.05) is 4.57 Å². The van der Waals surface area contributed by atoms with Crippen LogP contribution in [0.1, 0.15) is 58.7 Å². The molecule has 1 unspecified atom stereocenters. The zero-order valence-electron chi connectivity index (χ0n) is 15.1. The Morgan fingerprint density at radius 1 is 1.39 bits per heavy atom. The van der Waals surface area contributed by atoms with E-state index < -0.39 is 24.3 Å². The third kappa shape index (κ3) is 3.01. The highest BCUT2D eigenvalue weighted by Crippen LogP contribution is 2.39. The topological polar surface area (TPSA) is 64.4 Å². The van der Waals surface area contributed by atoms with E-state index in [0.29, 0.717) is 10.2 Å². The minimum absolute atomic E-state index is 0.0864. The van der Waals surface area contributed by atoms with Crippen LogP contribution in [0.5, 0.6) is 0 Å². The number of nitrogens with zero attached hydrogens (tertiary/aromatic N) is 3. The van der Waals surface area contributed by atoms with Crippen LogP contribution in [-0.2, 0) is 29.0 Å². The molecule has 9 heteroatoms. The molecule has 28 heavy (non-hydrogen) atoms. The summed E-state index contributed by atoms with van der Waals surface area (Å²) in [6, 6.07) is 1.77. The monoisotopic (exact) mass is 453 g/mol. The van der Waals surface area contributed by atoms with Gasteiger partial charge in [0.25, 0.3) is 12.3 Å². The fourth-order valence-corrected chi connectivity index (χ4v) is 4.44. The third-order valence-electron chi connectivity index (χ3n) is 5.18. The average Bonchev–Trinajstić information content (AvgIpc) is 3.33. The maximum atomic E-state index is 13.5. The summed E-state index contributed by atoms with van der Waals surface area (Å²) in [5, 5.41) is 0. The number of carbonyl (C=O) groups is 2. The fourth-order valence-electron chi connectivity index (χ4n) is 3.97. The van der Waals surface area contributed by atoms with Crippen molar-refractivity contribution in [3.05, 3.63) is 51.0 Å². The van der Waals surface area contributed by atoms with Gasteiger partial charge in [-0.15, -0.1) is 0 Å². The maximum Gasteiger partial charge on any atom is 0.335 e. The van der Waals surface area contributed by atoms with Gasteiger partial charge in [0.2, 0.25) is 0 Å². The van der Waals surface area contributed by atoms with Gasteiger partial charge in [-0.1, -0.05) is 15.9 Å². The van der Waals surface area contributed by atoms with E-state index in [-0.39, 0.29) is 29.8 Å². The minimum atomic E-state index is -2.73. The predicted molar refractivity (Wildman–Crippen MR) is 98.9 cm³/mol. The number of halogens is 3. The molecule has 0 bridgehead atoms. The van der Waals surface area contributed by atoms with Crippen molar-refractivity contribution in [1.29, 1.82) is 0 Å². The minimum Gasteiger partial charge on any atom is -0.464 e. The van der Waals surface area contributed by atoms with Gasteiger partial charge in [0.05, 0.1) is 18.6 Å². The Balaban J connectivity index is 1.78. The first-order valence-corrected chi connectivity index (χ1v) is 9.83. The molecule has 1 amide bonds. The Hall–Kier alpha value is -2.29. The first kappa shape index (κ1) is 19.0. The average molecular weight is 454 g/mol. The SMILES string of the molecule is CCOC(=O)C(c1ncn2c1CCC2)N1Cc2c(cc(Br)cc2C(F)F)C1=O. The second-order valence-electron chi connectivity index (χ2n) is 6.78. The number of benzene rings is 1. The van der Waals surface area contributed by atoms with Crippen molar-refractivity contribution in [1.82, 2.24) is 14.5 Å². The number of amides is 1.